The molecule has 0 radical (unpaired) electrons. The number of aryl methyl sites for hydroxylation is 2. The number of Topliss-reactive ketones (excluding diaryl/α,β-unsaturated/α-hetero) is 1. The predicted molar refractivity (Wildman–Crippen MR) is 116 cm³/mol. The monoisotopic (exact) mass is 411 g/mol. The summed E-state index contributed by atoms with van der Waals surface area (Å²) in [6, 6.07) is 12.6. The smallest absolute Gasteiger partial charge is 0.153 e. The topological polar surface area (TPSA) is 84.5 Å². The van der Waals surface area contributed by atoms with Crippen LogP contribution in [0.2, 0.25) is 0 Å². The zero-order chi connectivity index (χ0) is 21.8. The first-order valence-electron chi connectivity index (χ1n) is 10.8. The van der Waals surface area contributed by atoms with Crippen LogP contribution in [0.5, 0.6) is 0 Å². The van der Waals surface area contributed by atoms with Crippen LogP contribution in [0.1, 0.15) is 42.4 Å². The Morgan fingerprint density at radius 2 is 2.00 bits per heavy atom. The zero-order valence-electron chi connectivity index (χ0n) is 18.0. The van der Waals surface area contributed by atoms with Crippen molar-refractivity contribution in [2.24, 2.45) is 24.8 Å². The van der Waals surface area contributed by atoms with Gasteiger partial charge in [-0.2, -0.15) is 10.4 Å². The molecule has 6 heteroatoms. The van der Waals surface area contributed by atoms with E-state index in [1.54, 1.807) is 4.68 Å². The fourth-order valence-corrected chi connectivity index (χ4v) is 5.88. The molecule has 0 aliphatic heterocycles. The lowest BCUT2D eigenvalue weighted by Crippen LogP contribution is -2.53. The number of fused-ring (bicyclic) bond motifs is 3. The molecule has 6 nitrogen and oxygen atoms in total. The van der Waals surface area contributed by atoms with Crippen molar-refractivity contribution in [2.45, 2.75) is 38.5 Å². The molecule has 1 fully saturated rings. The molecule has 0 spiro atoms. The van der Waals surface area contributed by atoms with Crippen molar-refractivity contribution in [1.29, 1.82) is 5.26 Å². The average molecular weight is 412 g/mol. The number of ketones is 1. The minimum Gasteiger partial charge on any atom is -0.298 e. The Bertz CT molecular complexity index is 1210. The first-order valence-corrected chi connectivity index (χ1v) is 10.8. The van der Waals surface area contributed by atoms with Crippen molar-refractivity contribution in [3.05, 3.63) is 65.4 Å². The molecule has 2 aromatic heterocycles. The van der Waals surface area contributed by atoms with Gasteiger partial charge in [0.15, 0.2) is 5.78 Å². The van der Waals surface area contributed by atoms with Gasteiger partial charge >= 0.3 is 0 Å². The van der Waals surface area contributed by atoms with E-state index in [1.165, 1.54) is 0 Å². The van der Waals surface area contributed by atoms with Crippen LogP contribution in [0.3, 0.4) is 0 Å². The summed E-state index contributed by atoms with van der Waals surface area (Å²) >= 11 is 0. The number of carbonyl (C=O) groups is 1. The van der Waals surface area contributed by atoms with E-state index in [1.807, 2.05) is 51.5 Å². The fraction of sp³-hybridized carbons (Fsp3) is 0.400. The molecule has 156 valence electrons. The molecule has 4 atom stereocenters. The van der Waals surface area contributed by atoms with E-state index in [9.17, 15) is 10.1 Å². The Labute approximate surface area is 182 Å². The third-order valence-corrected chi connectivity index (χ3v) is 7.22. The molecule has 1 unspecified atom stereocenters. The lowest BCUT2D eigenvalue weighted by molar-refractivity contribution is -0.131. The maximum Gasteiger partial charge on any atom is 0.153 e. The highest BCUT2D eigenvalue weighted by Gasteiger charge is 2.56. The van der Waals surface area contributed by atoms with E-state index in [4.69, 9.17) is 9.97 Å². The number of hydrogen-bond acceptors (Lipinski definition) is 5. The summed E-state index contributed by atoms with van der Waals surface area (Å²) in [6.45, 7) is 3.91. The van der Waals surface area contributed by atoms with Crippen molar-refractivity contribution in [2.75, 3.05) is 0 Å². The molecule has 0 N–H and O–H groups in total. The summed E-state index contributed by atoms with van der Waals surface area (Å²) in [4.78, 5) is 22.8. The van der Waals surface area contributed by atoms with E-state index in [0.717, 1.165) is 40.9 Å². The van der Waals surface area contributed by atoms with Gasteiger partial charge in [0.05, 0.1) is 23.7 Å². The van der Waals surface area contributed by atoms with Crippen molar-refractivity contribution in [1.82, 2.24) is 19.7 Å². The first-order chi connectivity index (χ1) is 15.0. The van der Waals surface area contributed by atoms with Gasteiger partial charge in [0.25, 0.3) is 0 Å². The summed E-state index contributed by atoms with van der Waals surface area (Å²) in [5.41, 5.74) is 4.66. The fourth-order valence-electron chi connectivity index (χ4n) is 5.88. The van der Waals surface area contributed by atoms with Gasteiger partial charge < -0.3 is 0 Å². The second kappa shape index (κ2) is 7.12. The van der Waals surface area contributed by atoms with Gasteiger partial charge in [0, 0.05) is 35.7 Å². The third-order valence-electron chi connectivity index (χ3n) is 7.22. The minimum absolute atomic E-state index is 0.0702. The Morgan fingerprint density at radius 1 is 1.23 bits per heavy atom. The van der Waals surface area contributed by atoms with Crippen molar-refractivity contribution in [3.8, 4) is 17.3 Å². The molecule has 2 aliphatic carbocycles. The van der Waals surface area contributed by atoms with Crippen molar-refractivity contribution >= 4 is 5.78 Å². The number of hydrogen-bond donors (Lipinski definition) is 0. The standard InChI is InChI=1S/C25H25N5O/c1-15-21-10-9-20-22(18-13-27-30(3)14-18)28-16(2)29-24(20)25(21,11-17(12-26)23(15)31)19-7-5-4-6-8-19/h4-8,13-15,17,21H,9-11H2,1-3H3/t15-,17?,21-,25-/m0/s1. The van der Waals surface area contributed by atoms with Crippen LogP contribution >= 0.6 is 0 Å². The minimum atomic E-state index is -0.630. The Balaban J connectivity index is 1.82. The van der Waals surface area contributed by atoms with Gasteiger partial charge in [0.2, 0.25) is 0 Å². The molecule has 1 aromatic carbocycles. The molecule has 2 aliphatic rings. The van der Waals surface area contributed by atoms with Gasteiger partial charge in [-0.1, -0.05) is 37.3 Å². The molecule has 31 heavy (non-hydrogen) atoms. The molecule has 3 aromatic rings. The Hall–Kier alpha value is -3.33. The predicted octanol–water partition coefficient (Wildman–Crippen LogP) is 3.78. The van der Waals surface area contributed by atoms with E-state index >= 15 is 0 Å². The number of nitrogens with zero attached hydrogens (tertiary/aromatic N) is 5. The van der Waals surface area contributed by atoms with Crippen LogP contribution in [0.4, 0.5) is 0 Å². The molecular weight excluding hydrogens is 386 g/mol. The zero-order valence-corrected chi connectivity index (χ0v) is 18.0. The van der Waals surface area contributed by atoms with Crippen LogP contribution in [0, 0.1) is 36.0 Å². The second-order valence-corrected chi connectivity index (χ2v) is 8.91. The normalized spacial score (nSPS) is 27.3. The Morgan fingerprint density at radius 3 is 2.68 bits per heavy atom. The van der Waals surface area contributed by atoms with Gasteiger partial charge in [-0.05, 0) is 37.7 Å². The van der Waals surface area contributed by atoms with Crippen LogP contribution in [0.25, 0.3) is 11.3 Å². The van der Waals surface area contributed by atoms with E-state index in [0.29, 0.717) is 12.2 Å². The number of nitriles is 1. The highest BCUT2D eigenvalue weighted by Crippen LogP contribution is 2.56. The summed E-state index contributed by atoms with van der Waals surface area (Å²) in [7, 11) is 1.90. The average Bonchev–Trinajstić information content (AvgIpc) is 3.22. The van der Waals surface area contributed by atoms with Crippen LogP contribution in [-0.2, 0) is 23.7 Å². The summed E-state index contributed by atoms with van der Waals surface area (Å²) in [6.07, 6.45) is 5.97. The molecule has 0 saturated heterocycles. The number of aromatic nitrogens is 4. The molecule has 0 amide bonds. The molecular formula is C25H25N5O. The SMILES string of the molecule is Cc1nc(-c2cnn(C)c2)c2c(n1)[C@]1(c3ccccc3)CC(C#N)C(=O)[C@@H](C)[C@@H]1CC2. The van der Waals surface area contributed by atoms with E-state index in [-0.39, 0.29) is 17.6 Å². The number of carbonyl (C=O) groups excluding carboxylic acids is 1. The molecule has 2 heterocycles. The van der Waals surface area contributed by atoms with Gasteiger partial charge in [0.1, 0.15) is 11.7 Å². The molecule has 1 saturated carbocycles. The van der Waals surface area contributed by atoms with E-state index in [2.05, 4.69) is 23.3 Å². The van der Waals surface area contributed by atoms with Gasteiger partial charge in [-0.25, -0.2) is 9.97 Å². The largest absolute Gasteiger partial charge is 0.298 e. The lowest BCUT2D eigenvalue weighted by Gasteiger charge is -2.51. The summed E-state index contributed by atoms with van der Waals surface area (Å²) < 4.78 is 1.78. The van der Waals surface area contributed by atoms with Crippen molar-refractivity contribution in [3.63, 3.8) is 0 Å². The summed E-state index contributed by atoms with van der Waals surface area (Å²) in [5, 5.41) is 14.2. The molecule has 0 bridgehead atoms. The third kappa shape index (κ3) is 2.83. The van der Waals surface area contributed by atoms with Crippen LogP contribution in [-0.4, -0.2) is 25.5 Å². The summed E-state index contributed by atoms with van der Waals surface area (Å²) in [5.74, 6) is 0.0568. The quantitative estimate of drug-likeness (QED) is 0.641. The van der Waals surface area contributed by atoms with Crippen molar-refractivity contribution < 1.29 is 4.79 Å². The Kier molecular flexibility index (Phi) is 4.51. The maximum atomic E-state index is 13.0. The first kappa shape index (κ1) is 19.6. The highest BCUT2D eigenvalue weighted by atomic mass is 16.1. The highest BCUT2D eigenvalue weighted by molar-refractivity contribution is 5.87. The number of benzene rings is 1. The maximum absolute atomic E-state index is 13.0. The van der Waals surface area contributed by atoms with Crippen LogP contribution in [0.15, 0.2) is 42.7 Å². The lowest BCUT2D eigenvalue weighted by atomic mass is 9.51. The number of rotatable bonds is 2. The van der Waals surface area contributed by atoms with E-state index < -0.39 is 11.3 Å². The second-order valence-electron chi connectivity index (χ2n) is 8.91. The van der Waals surface area contributed by atoms with Gasteiger partial charge in [-0.3, -0.25) is 9.48 Å². The van der Waals surface area contributed by atoms with Crippen LogP contribution < -0.4 is 0 Å². The van der Waals surface area contributed by atoms with Gasteiger partial charge in [-0.15, -0.1) is 0 Å². The molecule has 5 rings (SSSR count).